The normalized spacial score (nSPS) is 31.2. The summed E-state index contributed by atoms with van der Waals surface area (Å²) in [6.07, 6.45) is 7.02. The van der Waals surface area contributed by atoms with E-state index in [0.29, 0.717) is 6.04 Å². The third-order valence-electron chi connectivity index (χ3n) is 3.97. The van der Waals surface area contributed by atoms with Gasteiger partial charge in [-0.05, 0) is 39.3 Å². The Morgan fingerprint density at radius 1 is 1.33 bits per heavy atom. The summed E-state index contributed by atoms with van der Waals surface area (Å²) in [5.74, 6) is 0. The van der Waals surface area contributed by atoms with Gasteiger partial charge in [0.1, 0.15) is 0 Å². The van der Waals surface area contributed by atoms with Crippen LogP contribution in [-0.4, -0.2) is 48.3 Å². The summed E-state index contributed by atoms with van der Waals surface area (Å²) in [7, 11) is 2.01. The highest BCUT2D eigenvalue weighted by atomic mass is 16.3. The van der Waals surface area contributed by atoms with Crippen LogP contribution in [0, 0.1) is 0 Å². The molecule has 88 valence electrons. The predicted molar refractivity (Wildman–Crippen MR) is 61.9 cm³/mol. The molecule has 0 aromatic rings. The van der Waals surface area contributed by atoms with E-state index in [1.54, 1.807) is 0 Å². The van der Waals surface area contributed by atoms with E-state index in [4.69, 9.17) is 0 Å². The molecule has 1 aliphatic heterocycles. The average Bonchev–Trinajstić information content (AvgIpc) is 2.78. The summed E-state index contributed by atoms with van der Waals surface area (Å²) < 4.78 is 0. The van der Waals surface area contributed by atoms with Crippen LogP contribution in [0.25, 0.3) is 0 Å². The molecule has 2 rings (SSSR count). The third-order valence-corrected chi connectivity index (χ3v) is 3.97. The Kier molecular flexibility index (Phi) is 3.65. The SMILES string of the molecule is CNCC1CCCN1CC1(O)CCCC1. The van der Waals surface area contributed by atoms with Crippen LogP contribution in [-0.2, 0) is 0 Å². The second kappa shape index (κ2) is 4.81. The molecule has 1 heterocycles. The highest BCUT2D eigenvalue weighted by molar-refractivity contribution is 4.91. The maximum Gasteiger partial charge on any atom is 0.0774 e. The van der Waals surface area contributed by atoms with Crippen molar-refractivity contribution < 1.29 is 5.11 Å². The van der Waals surface area contributed by atoms with Gasteiger partial charge in [0.25, 0.3) is 0 Å². The molecule has 1 aliphatic carbocycles. The number of hydrogen-bond donors (Lipinski definition) is 2. The fraction of sp³-hybridized carbons (Fsp3) is 1.00. The van der Waals surface area contributed by atoms with Gasteiger partial charge in [0, 0.05) is 19.1 Å². The smallest absolute Gasteiger partial charge is 0.0774 e. The Morgan fingerprint density at radius 3 is 2.73 bits per heavy atom. The molecular weight excluding hydrogens is 188 g/mol. The van der Waals surface area contributed by atoms with E-state index in [9.17, 15) is 5.11 Å². The lowest BCUT2D eigenvalue weighted by molar-refractivity contribution is 0.00603. The van der Waals surface area contributed by atoms with Crippen LogP contribution in [0.2, 0.25) is 0 Å². The Hall–Kier alpha value is -0.120. The number of nitrogens with zero attached hydrogens (tertiary/aromatic N) is 1. The zero-order valence-corrected chi connectivity index (χ0v) is 9.84. The van der Waals surface area contributed by atoms with Crippen LogP contribution >= 0.6 is 0 Å². The second-order valence-electron chi connectivity index (χ2n) is 5.26. The Morgan fingerprint density at radius 2 is 2.07 bits per heavy atom. The molecular formula is C12H24N2O. The summed E-state index contributed by atoms with van der Waals surface area (Å²) in [6, 6.07) is 0.652. The van der Waals surface area contributed by atoms with E-state index in [-0.39, 0.29) is 5.60 Å². The summed E-state index contributed by atoms with van der Waals surface area (Å²) in [5.41, 5.74) is -0.365. The fourth-order valence-corrected chi connectivity index (χ4v) is 3.14. The van der Waals surface area contributed by atoms with Crippen molar-refractivity contribution in [1.29, 1.82) is 0 Å². The zero-order chi connectivity index (χ0) is 10.7. The van der Waals surface area contributed by atoms with Gasteiger partial charge in [-0.3, -0.25) is 4.90 Å². The molecule has 0 spiro atoms. The van der Waals surface area contributed by atoms with Gasteiger partial charge in [0.05, 0.1) is 5.60 Å². The van der Waals surface area contributed by atoms with Gasteiger partial charge in [-0.25, -0.2) is 0 Å². The predicted octanol–water partition coefficient (Wildman–Crippen LogP) is 0.975. The van der Waals surface area contributed by atoms with Gasteiger partial charge in [-0.1, -0.05) is 12.8 Å². The maximum absolute atomic E-state index is 10.4. The third kappa shape index (κ3) is 2.71. The van der Waals surface area contributed by atoms with Crippen LogP contribution in [0.5, 0.6) is 0 Å². The molecule has 15 heavy (non-hydrogen) atoms. The lowest BCUT2D eigenvalue weighted by Crippen LogP contribution is -2.46. The first-order valence-corrected chi connectivity index (χ1v) is 6.34. The highest BCUT2D eigenvalue weighted by Crippen LogP contribution is 2.32. The molecule has 0 aromatic heterocycles. The van der Waals surface area contributed by atoms with Crippen LogP contribution in [0.15, 0.2) is 0 Å². The molecule has 1 saturated carbocycles. The van der Waals surface area contributed by atoms with E-state index in [1.807, 2.05) is 7.05 Å². The van der Waals surface area contributed by atoms with Crippen molar-refractivity contribution in [2.45, 2.75) is 50.2 Å². The van der Waals surface area contributed by atoms with E-state index < -0.39 is 0 Å². The minimum atomic E-state index is -0.365. The fourth-order valence-electron chi connectivity index (χ4n) is 3.14. The Bertz CT molecular complexity index is 202. The molecule has 2 fully saturated rings. The van der Waals surface area contributed by atoms with Crippen LogP contribution < -0.4 is 5.32 Å². The second-order valence-corrected chi connectivity index (χ2v) is 5.26. The van der Waals surface area contributed by atoms with Crippen LogP contribution in [0.3, 0.4) is 0 Å². The lowest BCUT2D eigenvalue weighted by Gasteiger charge is -2.32. The first-order valence-electron chi connectivity index (χ1n) is 6.34. The molecule has 2 aliphatic rings. The quantitative estimate of drug-likeness (QED) is 0.729. The number of rotatable bonds is 4. The van der Waals surface area contributed by atoms with Gasteiger partial charge >= 0.3 is 0 Å². The van der Waals surface area contributed by atoms with Crippen molar-refractivity contribution >= 4 is 0 Å². The number of aliphatic hydroxyl groups is 1. The van der Waals surface area contributed by atoms with Crippen molar-refractivity contribution in [2.24, 2.45) is 0 Å². The summed E-state index contributed by atoms with van der Waals surface area (Å²) in [5, 5.41) is 13.6. The summed E-state index contributed by atoms with van der Waals surface area (Å²) in [6.45, 7) is 3.14. The molecule has 3 nitrogen and oxygen atoms in total. The van der Waals surface area contributed by atoms with E-state index in [1.165, 1.54) is 32.2 Å². The lowest BCUT2D eigenvalue weighted by atomic mass is 10.0. The molecule has 0 radical (unpaired) electrons. The molecule has 1 atom stereocenters. The summed E-state index contributed by atoms with van der Waals surface area (Å²) in [4.78, 5) is 2.49. The maximum atomic E-state index is 10.4. The number of β-amino-alcohol motifs (C(OH)–C–C–N with tert-alkyl or cyclic N) is 1. The average molecular weight is 212 g/mol. The molecule has 3 heteroatoms. The van der Waals surface area contributed by atoms with Gasteiger partial charge < -0.3 is 10.4 Å². The van der Waals surface area contributed by atoms with Gasteiger partial charge in [0.15, 0.2) is 0 Å². The van der Waals surface area contributed by atoms with E-state index >= 15 is 0 Å². The Balaban J connectivity index is 1.87. The van der Waals surface area contributed by atoms with Gasteiger partial charge in [0.2, 0.25) is 0 Å². The van der Waals surface area contributed by atoms with Crippen molar-refractivity contribution in [1.82, 2.24) is 10.2 Å². The monoisotopic (exact) mass is 212 g/mol. The molecule has 1 unspecified atom stereocenters. The largest absolute Gasteiger partial charge is 0.389 e. The summed E-state index contributed by atoms with van der Waals surface area (Å²) >= 11 is 0. The van der Waals surface area contributed by atoms with Crippen molar-refractivity contribution in [2.75, 3.05) is 26.7 Å². The molecule has 0 aromatic carbocycles. The molecule has 2 N–H and O–H groups in total. The number of likely N-dealkylation sites (N-methyl/N-ethyl adjacent to an activating group) is 1. The van der Waals surface area contributed by atoms with Gasteiger partial charge in [-0.2, -0.15) is 0 Å². The minimum Gasteiger partial charge on any atom is -0.389 e. The minimum absolute atomic E-state index is 0.365. The highest BCUT2D eigenvalue weighted by Gasteiger charge is 2.36. The molecule has 1 saturated heterocycles. The van der Waals surface area contributed by atoms with Crippen LogP contribution in [0.1, 0.15) is 38.5 Å². The topological polar surface area (TPSA) is 35.5 Å². The van der Waals surface area contributed by atoms with Crippen LogP contribution in [0.4, 0.5) is 0 Å². The zero-order valence-electron chi connectivity index (χ0n) is 9.84. The Labute approximate surface area is 92.8 Å². The van der Waals surface area contributed by atoms with E-state index in [2.05, 4.69) is 10.2 Å². The number of nitrogens with one attached hydrogen (secondary N) is 1. The molecule has 0 bridgehead atoms. The van der Waals surface area contributed by atoms with Gasteiger partial charge in [-0.15, -0.1) is 0 Å². The number of likely N-dealkylation sites (tertiary alicyclic amines) is 1. The first-order chi connectivity index (χ1) is 7.23. The van der Waals surface area contributed by atoms with Crippen molar-refractivity contribution in [3.8, 4) is 0 Å². The van der Waals surface area contributed by atoms with Crippen molar-refractivity contribution in [3.05, 3.63) is 0 Å². The number of hydrogen-bond acceptors (Lipinski definition) is 3. The first kappa shape index (κ1) is 11.4. The van der Waals surface area contributed by atoms with Crippen molar-refractivity contribution in [3.63, 3.8) is 0 Å². The molecule has 0 amide bonds. The van der Waals surface area contributed by atoms with E-state index in [0.717, 1.165) is 25.9 Å². The standard InChI is InChI=1S/C12H24N2O/c1-13-9-11-5-4-8-14(11)10-12(15)6-2-3-7-12/h11,13,15H,2-10H2,1H3.